The van der Waals surface area contributed by atoms with Crippen LogP contribution in [0.4, 0.5) is 5.95 Å². The summed E-state index contributed by atoms with van der Waals surface area (Å²) in [7, 11) is 0. The quantitative estimate of drug-likeness (QED) is 0.604. The van der Waals surface area contributed by atoms with Gasteiger partial charge in [0.05, 0.1) is 0 Å². The van der Waals surface area contributed by atoms with Crippen LogP contribution in [0.1, 0.15) is 18.9 Å². The van der Waals surface area contributed by atoms with Gasteiger partial charge >= 0.3 is 5.97 Å². The number of anilines is 1. The van der Waals surface area contributed by atoms with Gasteiger partial charge in [-0.15, -0.1) is 11.3 Å². The molecule has 2 unspecified atom stereocenters. The highest BCUT2D eigenvalue weighted by molar-refractivity contribution is 7.16. The molecule has 9 heteroatoms. The van der Waals surface area contributed by atoms with Crippen LogP contribution in [-0.4, -0.2) is 53.0 Å². The standard InChI is InChI=1S/C22H24N4O4S/c1-14-12-26(21-23-11-16-5-9-31-19(16)25-21)8-6-22(14,20(27)28)24-7-4-15-2-3-17-18(10-15)30-13-29-17/h2-3,5,9-11,14,24H,4,6-8,12-13H2,1H3,(H,27,28). The van der Waals surface area contributed by atoms with E-state index in [0.29, 0.717) is 38.4 Å². The highest BCUT2D eigenvalue weighted by Crippen LogP contribution is 2.33. The van der Waals surface area contributed by atoms with E-state index in [1.807, 2.05) is 42.8 Å². The molecule has 8 nitrogen and oxygen atoms in total. The lowest BCUT2D eigenvalue weighted by atomic mass is 9.78. The van der Waals surface area contributed by atoms with Crippen molar-refractivity contribution in [1.82, 2.24) is 15.3 Å². The molecule has 0 saturated carbocycles. The molecule has 2 atom stereocenters. The molecule has 4 heterocycles. The second-order valence-corrected chi connectivity index (χ2v) is 8.98. The van der Waals surface area contributed by atoms with Crippen LogP contribution in [-0.2, 0) is 11.2 Å². The summed E-state index contributed by atoms with van der Waals surface area (Å²) in [5, 5.41) is 16.5. The fourth-order valence-corrected chi connectivity index (χ4v) is 5.13. The number of nitrogens with one attached hydrogen (secondary N) is 1. The third-order valence-electron chi connectivity index (χ3n) is 6.26. The maximum atomic E-state index is 12.3. The molecule has 2 aliphatic heterocycles. The number of benzene rings is 1. The smallest absolute Gasteiger partial charge is 0.324 e. The Morgan fingerprint density at radius 1 is 1.35 bits per heavy atom. The third kappa shape index (κ3) is 3.68. The summed E-state index contributed by atoms with van der Waals surface area (Å²) < 4.78 is 10.8. The summed E-state index contributed by atoms with van der Waals surface area (Å²) in [6.07, 6.45) is 3.03. The molecule has 2 N–H and O–H groups in total. The SMILES string of the molecule is CC1CN(c2ncc3ccsc3n2)CCC1(NCCc1ccc2c(c1)OCO2)C(=O)O. The zero-order valence-corrected chi connectivity index (χ0v) is 18.0. The van der Waals surface area contributed by atoms with Crippen molar-refractivity contribution < 1.29 is 19.4 Å². The Morgan fingerprint density at radius 2 is 2.23 bits per heavy atom. The summed E-state index contributed by atoms with van der Waals surface area (Å²) >= 11 is 1.59. The van der Waals surface area contributed by atoms with Gasteiger partial charge in [0.15, 0.2) is 11.5 Å². The fraction of sp³-hybridized carbons (Fsp3) is 0.409. The van der Waals surface area contributed by atoms with Crippen molar-refractivity contribution in [3.8, 4) is 11.5 Å². The van der Waals surface area contributed by atoms with Crippen LogP contribution in [0.15, 0.2) is 35.8 Å². The average Bonchev–Trinajstić information content (AvgIpc) is 3.43. The van der Waals surface area contributed by atoms with Crippen LogP contribution in [0, 0.1) is 5.92 Å². The van der Waals surface area contributed by atoms with Gasteiger partial charge in [-0.25, -0.2) is 9.97 Å². The highest BCUT2D eigenvalue weighted by atomic mass is 32.1. The summed E-state index contributed by atoms with van der Waals surface area (Å²) in [4.78, 5) is 24.5. The first kappa shape index (κ1) is 20.0. The van der Waals surface area contributed by atoms with E-state index in [2.05, 4.69) is 20.2 Å². The van der Waals surface area contributed by atoms with E-state index in [-0.39, 0.29) is 12.7 Å². The highest BCUT2D eigenvalue weighted by Gasteiger charge is 2.47. The molecule has 1 aromatic carbocycles. The van der Waals surface area contributed by atoms with Gasteiger partial charge in [0.25, 0.3) is 0 Å². The first-order chi connectivity index (χ1) is 15.0. The third-order valence-corrected chi connectivity index (χ3v) is 7.08. The van der Waals surface area contributed by atoms with E-state index in [0.717, 1.165) is 27.3 Å². The Bertz CT molecular complexity index is 1120. The molecular formula is C22H24N4O4S. The van der Waals surface area contributed by atoms with Gasteiger partial charge in [-0.2, -0.15) is 0 Å². The molecule has 0 spiro atoms. The van der Waals surface area contributed by atoms with E-state index < -0.39 is 11.5 Å². The average molecular weight is 441 g/mol. The van der Waals surface area contributed by atoms with Crippen LogP contribution in [0.3, 0.4) is 0 Å². The first-order valence-corrected chi connectivity index (χ1v) is 11.3. The lowest BCUT2D eigenvalue weighted by molar-refractivity contribution is -0.148. The predicted molar refractivity (Wildman–Crippen MR) is 118 cm³/mol. The van der Waals surface area contributed by atoms with Crippen molar-refractivity contribution in [2.24, 2.45) is 5.92 Å². The first-order valence-electron chi connectivity index (χ1n) is 10.4. The Labute approximate surface area is 183 Å². The fourth-order valence-electron chi connectivity index (χ4n) is 4.40. The van der Waals surface area contributed by atoms with Crippen molar-refractivity contribution in [1.29, 1.82) is 0 Å². The Balaban J connectivity index is 1.26. The topological polar surface area (TPSA) is 96.8 Å². The van der Waals surface area contributed by atoms with Crippen LogP contribution in [0.25, 0.3) is 10.2 Å². The molecule has 2 aliphatic rings. The van der Waals surface area contributed by atoms with Crippen molar-refractivity contribution in [3.63, 3.8) is 0 Å². The lowest BCUT2D eigenvalue weighted by Gasteiger charge is -2.44. The van der Waals surface area contributed by atoms with Gasteiger partial charge in [0, 0.05) is 37.1 Å². The number of carboxylic acid groups (broad SMARTS) is 1. The van der Waals surface area contributed by atoms with Gasteiger partial charge in [0.1, 0.15) is 10.4 Å². The summed E-state index contributed by atoms with van der Waals surface area (Å²) in [5.41, 5.74) is 0.111. The number of carbonyl (C=O) groups is 1. The van der Waals surface area contributed by atoms with E-state index in [1.54, 1.807) is 11.3 Å². The van der Waals surface area contributed by atoms with Gasteiger partial charge in [-0.05, 0) is 42.0 Å². The molecule has 1 saturated heterocycles. The molecule has 5 rings (SSSR count). The predicted octanol–water partition coefficient (Wildman–Crippen LogP) is 2.92. The zero-order chi connectivity index (χ0) is 21.4. The molecule has 3 aromatic rings. The van der Waals surface area contributed by atoms with Crippen LogP contribution in [0.2, 0.25) is 0 Å². The van der Waals surface area contributed by atoms with E-state index in [4.69, 9.17) is 9.47 Å². The Hall–Kier alpha value is -2.91. The maximum Gasteiger partial charge on any atom is 0.324 e. The van der Waals surface area contributed by atoms with E-state index >= 15 is 0 Å². The van der Waals surface area contributed by atoms with Gasteiger partial charge in [-0.3, -0.25) is 4.79 Å². The Morgan fingerprint density at radius 3 is 3.06 bits per heavy atom. The van der Waals surface area contributed by atoms with Crippen molar-refractivity contribution in [2.45, 2.75) is 25.3 Å². The number of rotatable bonds is 6. The van der Waals surface area contributed by atoms with E-state index in [1.165, 1.54) is 0 Å². The van der Waals surface area contributed by atoms with Gasteiger partial charge in [-0.1, -0.05) is 13.0 Å². The molecule has 0 amide bonds. The number of carboxylic acids is 1. The second kappa shape index (κ2) is 7.97. The number of hydrogen-bond acceptors (Lipinski definition) is 8. The summed E-state index contributed by atoms with van der Waals surface area (Å²) in [6.45, 7) is 3.96. The van der Waals surface area contributed by atoms with Crippen LogP contribution in [0.5, 0.6) is 11.5 Å². The van der Waals surface area contributed by atoms with Crippen molar-refractivity contribution >= 4 is 33.5 Å². The number of piperidine rings is 1. The van der Waals surface area contributed by atoms with Crippen LogP contribution < -0.4 is 19.7 Å². The van der Waals surface area contributed by atoms with Gasteiger partial charge < -0.3 is 24.8 Å². The normalized spacial score (nSPS) is 22.7. The number of fused-ring (bicyclic) bond motifs is 2. The minimum absolute atomic E-state index is 0.113. The molecule has 162 valence electrons. The minimum atomic E-state index is -0.972. The molecule has 0 radical (unpaired) electrons. The largest absolute Gasteiger partial charge is 0.480 e. The molecular weight excluding hydrogens is 416 g/mol. The molecule has 0 bridgehead atoms. The van der Waals surface area contributed by atoms with Gasteiger partial charge in [0.2, 0.25) is 12.7 Å². The summed E-state index contributed by atoms with van der Waals surface area (Å²) in [6, 6.07) is 7.85. The lowest BCUT2D eigenvalue weighted by Crippen LogP contribution is -2.64. The number of aliphatic carboxylic acids is 1. The molecule has 2 aromatic heterocycles. The second-order valence-electron chi connectivity index (χ2n) is 8.09. The Kier molecular flexibility index (Phi) is 5.15. The molecule has 0 aliphatic carbocycles. The maximum absolute atomic E-state index is 12.3. The number of ether oxygens (including phenoxy) is 2. The number of aromatic nitrogens is 2. The van der Waals surface area contributed by atoms with Crippen molar-refractivity contribution in [2.75, 3.05) is 31.3 Å². The number of thiophene rings is 1. The zero-order valence-electron chi connectivity index (χ0n) is 17.2. The number of nitrogens with zero attached hydrogens (tertiary/aromatic N) is 3. The number of hydrogen-bond donors (Lipinski definition) is 2. The monoisotopic (exact) mass is 440 g/mol. The molecule has 1 fully saturated rings. The minimum Gasteiger partial charge on any atom is -0.480 e. The van der Waals surface area contributed by atoms with Crippen molar-refractivity contribution in [3.05, 3.63) is 41.4 Å². The van der Waals surface area contributed by atoms with E-state index in [9.17, 15) is 9.90 Å². The summed E-state index contributed by atoms with van der Waals surface area (Å²) in [5.74, 6) is 1.25. The molecule has 31 heavy (non-hydrogen) atoms. The van der Waals surface area contributed by atoms with Crippen LogP contribution >= 0.6 is 11.3 Å².